The lowest BCUT2D eigenvalue weighted by atomic mass is 10.1. The topological polar surface area (TPSA) is 27.7 Å². The summed E-state index contributed by atoms with van der Waals surface area (Å²) in [5.41, 5.74) is 0. The zero-order valence-corrected chi connectivity index (χ0v) is 7.99. The summed E-state index contributed by atoms with van der Waals surface area (Å²) in [4.78, 5) is 0. The quantitative estimate of drug-likeness (QED) is 0.521. The van der Waals surface area contributed by atoms with Gasteiger partial charge in [0.15, 0.2) is 0 Å². The van der Waals surface area contributed by atoms with Crippen LogP contribution >= 0.6 is 34.8 Å². The standard InChI is InChI=1S/C3H5B2Cl3O3/c1-9-5(10-2-4)11-3(6,7)8/h2H2,1H3. The third kappa shape index (κ3) is 7.25. The molecule has 0 saturated carbocycles. The molecule has 0 aliphatic rings. The largest absolute Gasteiger partial charge is 0.641 e. The fraction of sp³-hybridized carbons (Fsp3) is 1.00. The highest BCUT2D eigenvalue weighted by atomic mass is 35.6. The van der Waals surface area contributed by atoms with Gasteiger partial charge in [0.1, 0.15) is 7.85 Å². The normalized spacial score (nSPS) is 11.6. The lowest BCUT2D eigenvalue weighted by Gasteiger charge is -2.16. The molecule has 0 N–H and O–H groups in total. The average Bonchev–Trinajstić information content (AvgIpc) is 1.84. The molecule has 0 heterocycles. The molecule has 0 aliphatic carbocycles. The van der Waals surface area contributed by atoms with E-state index >= 15 is 0 Å². The van der Waals surface area contributed by atoms with E-state index in [1.165, 1.54) is 7.11 Å². The summed E-state index contributed by atoms with van der Waals surface area (Å²) in [7, 11) is 5.28. The molecule has 0 rings (SSSR count). The highest BCUT2D eigenvalue weighted by molar-refractivity contribution is 6.67. The van der Waals surface area contributed by atoms with Crippen LogP contribution in [0.15, 0.2) is 0 Å². The minimum atomic E-state index is -1.87. The number of halogens is 3. The summed E-state index contributed by atoms with van der Waals surface area (Å²) in [6.45, 7) is -0.0841. The van der Waals surface area contributed by atoms with Crippen LogP contribution < -0.4 is 0 Å². The van der Waals surface area contributed by atoms with Gasteiger partial charge in [-0.3, -0.25) is 0 Å². The predicted molar refractivity (Wildman–Crippen MR) is 45.8 cm³/mol. The van der Waals surface area contributed by atoms with E-state index in [1.54, 1.807) is 0 Å². The third-order valence-corrected chi connectivity index (χ3v) is 0.922. The van der Waals surface area contributed by atoms with Crippen LogP contribution in [0.2, 0.25) is 0 Å². The van der Waals surface area contributed by atoms with E-state index in [4.69, 9.17) is 42.6 Å². The first-order valence-corrected chi connectivity index (χ1v) is 3.72. The molecule has 0 fully saturated rings. The molecule has 3 nitrogen and oxygen atoms in total. The zero-order chi connectivity index (χ0) is 8.91. The van der Waals surface area contributed by atoms with Gasteiger partial charge in [-0.25, -0.2) is 0 Å². The molecule has 0 aromatic rings. The van der Waals surface area contributed by atoms with E-state index in [1.807, 2.05) is 0 Å². The van der Waals surface area contributed by atoms with Crippen molar-refractivity contribution in [1.29, 1.82) is 0 Å². The number of alkyl halides is 3. The first kappa shape index (κ1) is 11.9. The summed E-state index contributed by atoms with van der Waals surface area (Å²) in [5.74, 6) is 0. The number of rotatable bonds is 4. The van der Waals surface area contributed by atoms with Gasteiger partial charge in [0.05, 0.1) is 0 Å². The molecule has 2 radical (unpaired) electrons. The molecule has 8 heteroatoms. The van der Waals surface area contributed by atoms with Crippen LogP contribution in [0.1, 0.15) is 0 Å². The first-order valence-electron chi connectivity index (χ1n) is 2.58. The van der Waals surface area contributed by atoms with Crippen molar-refractivity contribution in [2.75, 3.05) is 13.6 Å². The second kappa shape index (κ2) is 5.51. The molecule has 0 saturated heterocycles. The SMILES string of the molecule is [B]COB(OC)OC(Cl)(Cl)Cl. The van der Waals surface area contributed by atoms with Gasteiger partial charge in [-0.15, -0.1) is 0 Å². The molecule has 62 valence electrons. The average molecular weight is 217 g/mol. The zero-order valence-electron chi connectivity index (χ0n) is 5.72. The Morgan fingerprint density at radius 3 is 2.27 bits per heavy atom. The molecule has 0 bridgehead atoms. The molecular weight excluding hydrogens is 212 g/mol. The van der Waals surface area contributed by atoms with Crippen LogP contribution in [-0.4, -0.2) is 32.8 Å². The van der Waals surface area contributed by atoms with Crippen molar-refractivity contribution in [1.82, 2.24) is 0 Å². The molecule has 11 heavy (non-hydrogen) atoms. The second-order valence-corrected chi connectivity index (χ2v) is 3.60. The fourth-order valence-corrected chi connectivity index (χ4v) is 0.556. The Kier molecular flexibility index (Phi) is 5.95. The van der Waals surface area contributed by atoms with Crippen molar-refractivity contribution in [2.24, 2.45) is 0 Å². The van der Waals surface area contributed by atoms with Crippen LogP contribution in [0, 0.1) is 0 Å². The van der Waals surface area contributed by atoms with Crippen molar-refractivity contribution in [3.63, 3.8) is 0 Å². The van der Waals surface area contributed by atoms with Gasteiger partial charge in [-0.05, 0) is 6.51 Å². The van der Waals surface area contributed by atoms with E-state index in [-0.39, 0.29) is 6.51 Å². The minimum Gasteiger partial charge on any atom is -0.395 e. The summed E-state index contributed by atoms with van der Waals surface area (Å²) >= 11 is 15.8. The van der Waals surface area contributed by atoms with Crippen molar-refractivity contribution < 1.29 is 14.0 Å². The Morgan fingerprint density at radius 2 is 2.00 bits per heavy atom. The fourth-order valence-electron chi connectivity index (χ4n) is 0.338. The maximum Gasteiger partial charge on any atom is 0.641 e. The summed E-state index contributed by atoms with van der Waals surface area (Å²) in [6.07, 6.45) is 0. The minimum absolute atomic E-state index is 0.0841. The van der Waals surface area contributed by atoms with Crippen LogP contribution in [0.5, 0.6) is 0 Å². The van der Waals surface area contributed by atoms with Crippen LogP contribution in [0.25, 0.3) is 0 Å². The molecule has 0 aromatic carbocycles. The maximum atomic E-state index is 5.25. The van der Waals surface area contributed by atoms with Crippen molar-refractivity contribution in [2.45, 2.75) is 3.98 Å². The van der Waals surface area contributed by atoms with E-state index in [2.05, 4.69) is 14.0 Å². The monoisotopic (exact) mass is 216 g/mol. The Labute approximate surface area is 81.8 Å². The van der Waals surface area contributed by atoms with E-state index in [0.29, 0.717) is 0 Å². The Morgan fingerprint density at radius 1 is 1.45 bits per heavy atom. The number of hydrogen-bond acceptors (Lipinski definition) is 3. The lowest BCUT2D eigenvalue weighted by molar-refractivity contribution is 0.127. The van der Waals surface area contributed by atoms with Crippen LogP contribution in [-0.2, 0) is 14.0 Å². The van der Waals surface area contributed by atoms with Gasteiger partial charge in [0, 0.05) is 7.11 Å². The second-order valence-electron chi connectivity index (χ2n) is 1.42. The molecular formula is C3H5B2Cl3O3. The highest BCUT2D eigenvalue weighted by Crippen LogP contribution is 2.28. The first-order chi connectivity index (χ1) is 4.99. The van der Waals surface area contributed by atoms with Gasteiger partial charge in [-0.2, -0.15) is 0 Å². The third-order valence-electron chi connectivity index (χ3n) is 0.655. The van der Waals surface area contributed by atoms with Gasteiger partial charge < -0.3 is 14.0 Å². The summed E-state index contributed by atoms with van der Waals surface area (Å²) < 4.78 is 12.0. The van der Waals surface area contributed by atoms with Crippen molar-refractivity contribution in [3.05, 3.63) is 0 Å². The summed E-state index contributed by atoms with van der Waals surface area (Å²) in [5, 5.41) is 0. The van der Waals surface area contributed by atoms with E-state index in [9.17, 15) is 0 Å². The predicted octanol–water partition coefficient (Wildman–Crippen LogP) is 1.10. The van der Waals surface area contributed by atoms with Crippen LogP contribution in [0.3, 0.4) is 0 Å². The Bertz CT molecular complexity index is 108. The molecule has 0 aromatic heterocycles. The van der Waals surface area contributed by atoms with Gasteiger partial charge in [-0.1, -0.05) is 34.8 Å². The lowest BCUT2D eigenvalue weighted by Crippen LogP contribution is -2.31. The van der Waals surface area contributed by atoms with Crippen LogP contribution in [0.4, 0.5) is 0 Å². The maximum absolute atomic E-state index is 5.25. The number of hydrogen-bond donors (Lipinski definition) is 0. The van der Waals surface area contributed by atoms with E-state index < -0.39 is 11.3 Å². The molecule has 0 aliphatic heterocycles. The van der Waals surface area contributed by atoms with Crippen molar-refractivity contribution in [3.8, 4) is 0 Å². The van der Waals surface area contributed by atoms with Gasteiger partial charge in [0.25, 0.3) is 3.98 Å². The highest BCUT2D eigenvalue weighted by Gasteiger charge is 2.31. The molecule has 0 unspecified atom stereocenters. The smallest absolute Gasteiger partial charge is 0.395 e. The van der Waals surface area contributed by atoms with Crippen molar-refractivity contribution >= 4 is 50.0 Å². The molecule has 0 atom stereocenters. The Hall–Kier alpha value is 0.880. The molecule has 0 spiro atoms. The molecule has 0 amide bonds. The van der Waals surface area contributed by atoms with Gasteiger partial charge in [0.2, 0.25) is 0 Å². The summed E-state index contributed by atoms with van der Waals surface area (Å²) in [6, 6.07) is 0. The Balaban J connectivity index is 3.68. The van der Waals surface area contributed by atoms with E-state index in [0.717, 1.165) is 0 Å². The van der Waals surface area contributed by atoms with Gasteiger partial charge >= 0.3 is 7.32 Å².